The third-order valence-corrected chi connectivity index (χ3v) is 4.14. The lowest BCUT2D eigenvalue weighted by Gasteiger charge is -2.03. The fourth-order valence-electron chi connectivity index (χ4n) is 2.06. The molecule has 3 aromatic rings. The van der Waals surface area contributed by atoms with Gasteiger partial charge in [-0.05, 0) is 42.5 Å². The Morgan fingerprint density at radius 3 is 2.39 bits per heavy atom. The first-order valence-electron chi connectivity index (χ1n) is 6.55. The summed E-state index contributed by atoms with van der Waals surface area (Å²) in [4.78, 5) is 4.02. The molecule has 0 aliphatic rings. The summed E-state index contributed by atoms with van der Waals surface area (Å²) in [5, 5.41) is 24.3. The predicted molar refractivity (Wildman–Crippen MR) is 85.4 cm³/mol. The molecule has 0 fully saturated rings. The number of pyridine rings is 1. The van der Waals surface area contributed by atoms with Gasteiger partial charge in [0.25, 0.3) is 0 Å². The molecule has 3 rings (SSSR count). The summed E-state index contributed by atoms with van der Waals surface area (Å²) in [6.45, 7) is 0. The third kappa shape index (κ3) is 3.17. The lowest BCUT2D eigenvalue weighted by Crippen LogP contribution is -2.11. The van der Waals surface area contributed by atoms with Crippen molar-refractivity contribution in [3.8, 4) is 5.75 Å². The standard InChI is InChI=1S/C15H12N4O3S/c16-23(21,22)11-3-1-10(2-4-11)18-19-14-5-6-15(20)12-7-8-17-9-13(12)14/h1-9,20H,(H2,16,21,22). The second-order valence-corrected chi connectivity index (χ2v) is 6.33. The fraction of sp³-hybridized carbons (Fsp3) is 0. The molecular weight excluding hydrogens is 316 g/mol. The SMILES string of the molecule is NS(=O)(=O)c1ccc(N=Nc2ccc(O)c3ccncc23)cc1. The van der Waals surface area contributed by atoms with Gasteiger partial charge in [-0.1, -0.05) is 0 Å². The van der Waals surface area contributed by atoms with E-state index in [1.165, 1.54) is 30.3 Å². The normalized spacial score (nSPS) is 12.0. The van der Waals surface area contributed by atoms with Crippen LogP contribution in [0.5, 0.6) is 5.75 Å². The Bertz CT molecular complexity index is 999. The lowest BCUT2D eigenvalue weighted by atomic mass is 10.1. The van der Waals surface area contributed by atoms with Crippen molar-refractivity contribution in [2.75, 3.05) is 0 Å². The Morgan fingerprint density at radius 2 is 1.70 bits per heavy atom. The molecule has 0 saturated carbocycles. The molecule has 23 heavy (non-hydrogen) atoms. The number of benzene rings is 2. The van der Waals surface area contributed by atoms with Crippen molar-refractivity contribution < 1.29 is 13.5 Å². The van der Waals surface area contributed by atoms with Gasteiger partial charge in [0.05, 0.1) is 16.3 Å². The molecule has 0 unspecified atom stereocenters. The van der Waals surface area contributed by atoms with Crippen LogP contribution in [0.4, 0.5) is 11.4 Å². The number of hydrogen-bond acceptors (Lipinski definition) is 6. The molecule has 0 aliphatic carbocycles. The molecule has 116 valence electrons. The van der Waals surface area contributed by atoms with Crippen LogP contribution in [0.3, 0.4) is 0 Å². The second-order valence-electron chi connectivity index (χ2n) is 4.76. The summed E-state index contributed by atoms with van der Waals surface area (Å²) >= 11 is 0. The number of nitrogens with zero attached hydrogens (tertiary/aromatic N) is 3. The van der Waals surface area contributed by atoms with Gasteiger partial charge in [-0.3, -0.25) is 4.98 Å². The van der Waals surface area contributed by atoms with Gasteiger partial charge in [-0.25, -0.2) is 13.6 Å². The van der Waals surface area contributed by atoms with Crippen molar-refractivity contribution in [1.82, 2.24) is 4.98 Å². The van der Waals surface area contributed by atoms with E-state index in [0.717, 1.165) is 0 Å². The van der Waals surface area contributed by atoms with Crippen LogP contribution in [0.1, 0.15) is 0 Å². The molecule has 7 nitrogen and oxygen atoms in total. The average molecular weight is 328 g/mol. The number of nitrogens with two attached hydrogens (primary N) is 1. The van der Waals surface area contributed by atoms with E-state index in [2.05, 4.69) is 15.2 Å². The Kier molecular flexibility index (Phi) is 3.77. The third-order valence-electron chi connectivity index (χ3n) is 3.21. The van der Waals surface area contributed by atoms with E-state index >= 15 is 0 Å². The van der Waals surface area contributed by atoms with Crippen molar-refractivity contribution in [3.63, 3.8) is 0 Å². The van der Waals surface area contributed by atoms with E-state index in [1.807, 2.05) is 0 Å². The average Bonchev–Trinajstić information content (AvgIpc) is 2.54. The van der Waals surface area contributed by atoms with E-state index in [-0.39, 0.29) is 10.6 Å². The lowest BCUT2D eigenvalue weighted by molar-refractivity contribution is 0.481. The monoisotopic (exact) mass is 328 g/mol. The minimum atomic E-state index is -3.73. The predicted octanol–water partition coefficient (Wildman–Crippen LogP) is 3.00. The van der Waals surface area contributed by atoms with Crippen LogP contribution in [0.15, 0.2) is 70.0 Å². The summed E-state index contributed by atoms with van der Waals surface area (Å²) in [6, 6.07) is 10.6. The Balaban J connectivity index is 1.96. The first-order valence-corrected chi connectivity index (χ1v) is 8.10. The number of aromatic nitrogens is 1. The number of fused-ring (bicyclic) bond motifs is 1. The molecule has 0 aliphatic heterocycles. The van der Waals surface area contributed by atoms with Gasteiger partial charge in [0.15, 0.2) is 0 Å². The highest BCUT2D eigenvalue weighted by atomic mass is 32.2. The van der Waals surface area contributed by atoms with Crippen LogP contribution >= 0.6 is 0 Å². The van der Waals surface area contributed by atoms with E-state index in [0.29, 0.717) is 22.1 Å². The molecule has 3 N–H and O–H groups in total. The molecule has 0 spiro atoms. The molecular formula is C15H12N4O3S. The van der Waals surface area contributed by atoms with E-state index in [9.17, 15) is 13.5 Å². The van der Waals surface area contributed by atoms with Crippen LogP contribution in [0, 0.1) is 0 Å². The highest BCUT2D eigenvalue weighted by Gasteiger charge is 2.07. The number of rotatable bonds is 3. The molecule has 0 amide bonds. The summed E-state index contributed by atoms with van der Waals surface area (Å²) in [6.07, 6.45) is 3.17. The van der Waals surface area contributed by atoms with Crippen molar-refractivity contribution in [1.29, 1.82) is 0 Å². The second kappa shape index (κ2) is 5.75. The number of primary sulfonamides is 1. The van der Waals surface area contributed by atoms with Crippen molar-refractivity contribution >= 4 is 32.2 Å². The highest BCUT2D eigenvalue weighted by molar-refractivity contribution is 7.89. The number of azo groups is 1. The van der Waals surface area contributed by atoms with Gasteiger partial charge in [-0.15, -0.1) is 5.11 Å². The zero-order valence-electron chi connectivity index (χ0n) is 11.8. The zero-order valence-corrected chi connectivity index (χ0v) is 12.6. The first-order chi connectivity index (χ1) is 10.9. The van der Waals surface area contributed by atoms with Crippen LogP contribution in [0.2, 0.25) is 0 Å². The summed E-state index contributed by atoms with van der Waals surface area (Å²) < 4.78 is 22.4. The Morgan fingerprint density at radius 1 is 0.957 bits per heavy atom. The zero-order chi connectivity index (χ0) is 16.4. The molecule has 8 heteroatoms. The first kappa shape index (κ1) is 15.1. The topological polar surface area (TPSA) is 118 Å². The summed E-state index contributed by atoms with van der Waals surface area (Å²) in [7, 11) is -3.73. The highest BCUT2D eigenvalue weighted by Crippen LogP contribution is 2.32. The molecule has 0 saturated heterocycles. The molecule has 0 radical (unpaired) electrons. The van der Waals surface area contributed by atoms with E-state index in [1.54, 1.807) is 24.5 Å². The molecule has 2 aromatic carbocycles. The number of aromatic hydroxyl groups is 1. The minimum Gasteiger partial charge on any atom is -0.507 e. The molecule has 0 atom stereocenters. The quantitative estimate of drug-likeness (QED) is 0.718. The van der Waals surface area contributed by atoms with E-state index in [4.69, 9.17) is 5.14 Å². The van der Waals surface area contributed by atoms with Crippen LogP contribution < -0.4 is 5.14 Å². The van der Waals surface area contributed by atoms with Crippen LogP contribution in [0.25, 0.3) is 10.8 Å². The molecule has 1 aromatic heterocycles. The van der Waals surface area contributed by atoms with Gasteiger partial charge in [0, 0.05) is 23.2 Å². The van der Waals surface area contributed by atoms with Gasteiger partial charge >= 0.3 is 0 Å². The smallest absolute Gasteiger partial charge is 0.238 e. The summed E-state index contributed by atoms with van der Waals surface area (Å²) in [5.74, 6) is 0.138. The van der Waals surface area contributed by atoms with Crippen molar-refractivity contribution in [3.05, 3.63) is 54.9 Å². The minimum absolute atomic E-state index is 0.00994. The Hall–Kier alpha value is -2.84. The van der Waals surface area contributed by atoms with Crippen LogP contribution in [-0.2, 0) is 10.0 Å². The van der Waals surface area contributed by atoms with Gasteiger partial charge in [-0.2, -0.15) is 5.11 Å². The van der Waals surface area contributed by atoms with Gasteiger partial charge in [0.2, 0.25) is 10.0 Å². The maximum atomic E-state index is 11.2. The van der Waals surface area contributed by atoms with Crippen molar-refractivity contribution in [2.24, 2.45) is 15.4 Å². The maximum Gasteiger partial charge on any atom is 0.238 e. The molecule has 1 heterocycles. The van der Waals surface area contributed by atoms with Crippen LogP contribution in [-0.4, -0.2) is 18.5 Å². The van der Waals surface area contributed by atoms with Gasteiger partial charge < -0.3 is 5.11 Å². The molecule has 0 bridgehead atoms. The largest absolute Gasteiger partial charge is 0.507 e. The maximum absolute atomic E-state index is 11.2. The fourth-order valence-corrected chi connectivity index (χ4v) is 2.58. The Labute approximate surface area is 132 Å². The number of hydrogen-bond donors (Lipinski definition) is 2. The number of phenolic OH excluding ortho intramolecular Hbond substituents is 1. The summed E-state index contributed by atoms with van der Waals surface area (Å²) in [5.41, 5.74) is 1.02. The number of sulfonamides is 1. The van der Waals surface area contributed by atoms with Crippen molar-refractivity contribution in [2.45, 2.75) is 4.90 Å². The van der Waals surface area contributed by atoms with Gasteiger partial charge in [0.1, 0.15) is 5.75 Å². The number of phenols is 1. The van der Waals surface area contributed by atoms with E-state index < -0.39 is 10.0 Å².